The summed E-state index contributed by atoms with van der Waals surface area (Å²) in [6, 6.07) is 1.53. The lowest BCUT2D eigenvalue weighted by atomic mass is 10.0. The fourth-order valence-corrected chi connectivity index (χ4v) is 1.85. The Hall–Kier alpha value is -1.82. The van der Waals surface area contributed by atoms with Crippen LogP contribution in [0.4, 0.5) is 13.2 Å². The summed E-state index contributed by atoms with van der Waals surface area (Å²) in [5.74, 6) is -2.85. The smallest absolute Gasteiger partial charge is 0.419 e. The molecule has 9 heteroatoms. The molecule has 0 aliphatic rings. The van der Waals surface area contributed by atoms with Crippen molar-refractivity contribution in [2.24, 2.45) is 0 Å². The van der Waals surface area contributed by atoms with Gasteiger partial charge in [0.05, 0.1) is 17.3 Å². The number of carbonyl (C=O) groups is 1. The maximum atomic E-state index is 13.0. The molecular weight excluding hydrogens is 319 g/mol. The molecule has 0 aromatic carbocycles. The fraction of sp³-hybridized carbons (Fsp3) is 0.538. The molecule has 0 aliphatic heterocycles. The predicted molar refractivity (Wildman–Crippen MR) is 73.0 cm³/mol. The van der Waals surface area contributed by atoms with Gasteiger partial charge in [0, 0.05) is 6.20 Å². The average molecular weight is 333 g/mol. The summed E-state index contributed by atoms with van der Waals surface area (Å²) in [5, 5.41) is 9.15. The van der Waals surface area contributed by atoms with E-state index in [0.29, 0.717) is 6.20 Å². The van der Waals surface area contributed by atoms with E-state index in [4.69, 9.17) is 10.00 Å². The second-order valence-electron chi connectivity index (χ2n) is 5.25. The lowest BCUT2D eigenvalue weighted by Gasteiger charge is -2.22. The summed E-state index contributed by atoms with van der Waals surface area (Å²) < 4.78 is 44.1. The fourth-order valence-electron chi connectivity index (χ4n) is 1.50. The van der Waals surface area contributed by atoms with Crippen molar-refractivity contribution in [3.8, 4) is 6.07 Å². The van der Waals surface area contributed by atoms with E-state index >= 15 is 0 Å². The van der Waals surface area contributed by atoms with Gasteiger partial charge >= 0.3 is 12.1 Å². The van der Waals surface area contributed by atoms with Crippen LogP contribution in [0.15, 0.2) is 11.4 Å². The van der Waals surface area contributed by atoms with Gasteiger partial charge in [-0.1, -0.05) is 11.8 Å². The highest BCUT2D eigenvalue weighted by molar-refractivity contribution is 7.98. The van der Waals surface area contributed by atoms with Gasteiger partial charge in [-0.2, -0.15) is 18.4 Å². The summed E-state index contributed by atoms with van der Waals surface area (Å²) in [6.45, 7) is 4.66. The zero-order valence-corrected chi connectivity index (χ0v) is 13.2. The molecule has 1 heterocycles. The Kier molecular flexibility index (Phi) is 5.40. The number of esters is 1. The number of carbonyl (C=O) groups excluding carboxylic acids is 1. The average Bonchev–Trinajstić information content (AvgIpc) is 2.36. The molecule has 1 unspecified atom stereocenters. The molecular formula is C13H14F3N3O2S. The van der Waals surface area contributed by atoms with Crippen LogP contribution in [0.25, 0.3) is 0 Å². The van der Waals surface area contributed by atoms with Gasteiger partial charge in [-0.05, 0) is 27.0 Å². The molecule has 0 fully saturated rings. The Morgan fingerprint density at radius 1 is 1.41 bits per heavy atom. The molecule has 1 atom stereocenters. The van der Waals surface area contributed by atoms with E-state index in [1.165, 1.54) is 6.07 Å². The van der Waals surface area contributed by atoms with Crippen LogP contribution >= 0.6 is 11.8 Å². The van der Waals surface area contributed by atoms with Crippen molar-refractivity contribution < 1.29 is 22.7 Å². The number of hydrogen-bond acceptors (Lipinski definition) is 6. The molecule has 5 nitrogen and oxygen atoms in total. The van der Waals surface area contributed by atoms with Crippen LogP contribution in [0.3, 0.4) is 0 Å². The van der Waals surface area contributed by atoms with Gasteiger partial charge in [0.1, 0.15) is 5.60 Å². The van der Waals surface area contributed by atoms with E-state index < -0.39 is 34.9 Å². The van der Waals surface area contributed by atoms with Crippen LogP contribution in [0.1, 0.15) is 37.9 Å². The Morgan fingerprint density at radius 2 is 2.00 bits per heavy atom. The van der Waals surface area contributed by atoms with Crippen LogP contribution in [0, 0.1) is 11.3 Å². The monoisotopic (exact) mass is 333 g/mol. The number of aromatic nitrogens is 2. The summed E-state index contributed by atoms with van der Waals surface area (Å²) in [5.41, 5.74) is -2.84. The van der Waals surface area contributed by atoms with E-state index in [1.807, 2.05) is 0 Å². The standard InChI is InChI=1S/C13H14F3N3O2S/c1-12(2,3)21-10(20)7(5-17)9-8(13(14,15)16)6-18-11(19-9)22-4/h6-7H,1-4H3. The molecule has 0 saturated heterocycles. The topological polar surface area (TPSA) is 75.9 Å². The van der Waals surface area contributed by atoms with Crippen molar-refractivity contribution in [3.63, 3.8) is 0 Å². The quantitative estimate of drug-likeness (QED) is 0.480. The molecule has 0 N–H and O–H groups in total. The van der Waals surface area contributed by atoms with Crippen LogP contribution in [0.5, 0.6) is 0 Å². The van der Waals surface area contributed by atoms with Crippen LogP contribution in [0.2, 0.25) is 0 Å². The Morgan fingerprint density at radius 3 is 2.41 bits per heavy atom. The van der Waals surface area contributed by atoms with E-state index in [2.05, 4.69) is 9.97 Å². The van der Waals surface area contributed by atoms with E-state index in [1.54, 1.807) is 27.0 Å². The molecule has 1 aromatic rings. The first-order chi connectivity index (χ1) is 9.99. The Balaban J connectivity index is 3.37. The first-order valence-corrected chi connectivity index (χ1v) is 7.32. The SMILES string of the molecule is CSc1ncc(C(F)(F)F)c(C(C#N)C(=O)OC(C)(C)C)n1. The van der Waals surface area contributed by atoms with E-state index in [-0.39, 0.29) is 5.16 Å². The highest BCUT2D eigenvalue weighted by Crippen LogP contribution is 2.35. The number of ether oxygens (including phenoxy) is 1. The minimum atomic E-state index is -4.77. The van der Waals surface area contributed by atoms with Gasteiger partial charge in [0.2, 0.25) is 0 Å². The molecule has 0 radical (unpaired) electrons. The molecule has 0 amide bonds. The third kappa shape index (κ3) is 4.59. The largest absolute Gasteiger partial charge is 0.459 e. The van der Waals surface area contributed by atoms with Crippen LogP contribution in [-0.2, 0) is 15.7 Å². The lowest BCUT2D eigenvalue weighted by Crippen LogP contribution is -2.29. The van der Waals surface area contributed by atoms with Crippen molar-refractivity contribution in [2.45, 2.75) is 43.6 Å². The highest BCUT2D eigenvalue weighted by atomic mass is 32.2. The van der Waals surface area contributed by atoms with Gasteiger partial charge in [0.15, 0.2) is 11.1 Å². The minimum absolute atomic E-state index is 0.0341. The third-order valence-electron chi connectivity index (χ3n) is 2.33. The number of thioether (sulfide) groups is 1. The molecule has 0 bridgehead atoms. The summed E-state index contributed by atoms with van der Waals surface area (Å²) in [4.78, 5) is 19.2. The van der Waals surface area contributed by atoms with Crippen molar-refractivity contribution in [1.29, 1.82) is 5.26 Å². The Labute approximate surface area is 129 Å². The van der Waals surface area contributed by atoms with Gasteiger partial charge in [0.25, 0.3) is 0 Å². The van der Waals surface area contributed by atoms with Gasteiger partial charge in [-0.25, -0.2) is 9.97 Å². The number of rotatable bonds is 3. The number of alkyl halides is 3. The molecule has 0 aliphatic carbocycles. The van der Waals surface area contributed by atoms with Crippen LogP contribution < -0.4 is 0 Å². The maximum Gasteiger partial charge on any atom is 0.419 e. The normalized spacial score (nSPS) is 13.4. The second kappa shape index (κ2) is 6.52. The van der Waals surface area contributed by atoms with Gasteiger partial charge in [-0.15, -0.1) is 0 Å². The molecule has 0 spiro atoms. The predicted octanol–water partition coefficient (Wildman–Crippen LogP) is 3.17. The van der Waals surface area contributed by atoms with E-state index in [0.717, 1.165) is 11.8 Å². The third-order valence-corrected chi connectivity index (χ3v) is 2.89. The second-order valence-corrected chi connectivity index (χ2v) is 6.02. The lowest BCUT2D eigenvalue weighted by molar-refractivity contribution is -0.155. The molecule has 22 heavy (non-hydrogen) atoms. The van der Waals surface area contributed by atoms with Crippen LogP contribution in [-0.4, -0.2) is 27.8 Å². The Bertz CT molecular complexity index is 606. The zero-order valence-electron chi connectivity index (χ0n) is 12.4. The summed E-state index contributed by atoms with van der Waals surface area (Å²) in [6.07, 6.45) is -2.63. The van der Waals surface area contributed by atoms with Gasteiger partial charge < -0.3 is 4.74 Å². The van der Waals surface area contributed by atoms with Crippen molar-refractivity contribution >= 4 is 17.7 Å². The van der Waals surface area contributed by atoms with Crippen molar-refractivity contribution in [1.82, 2.24) is 9.97 Å². The molecule has 0 saturated carbocycles. The zero-order chi connectivity index (χ0) is 17.1. The van der Waals surface area contributed by atoms with E-state index in [9.17, 15) is 18.0 Å². The molecule has 1 aromatic heterocycles. The summed E-state index contributed by atoms with van der Waals surface area (Å²) >= 11 is 1.00. The number of hydrogen-bond donors (Lipinski definition) is 0. The minimum Gasteiger partial charge on any atom is -0.459 e. The molecule has 1 rings (SSSR count). The summed E-state index contributed by atoms with van der Waals surface area (Å²) in [7, 11) is 0. The van der Waals surface area contributed by atoms with Crippen molar-refractivity contribution in [2.75, 3.05) is 6.26 Å². The number of nitriles is 1. The first kappa shape index (κ1) is 18.2. The molecule has 120 valence electrons. The first-order valence-electron chi connectivity index (χ1n) is 6.10. The maximum absolute atomic E-state index is 13.0. The van der Waals surface area contributed by atoms with Crippen molar-refractivity contribution in [3.05, 3.63) is 17.5 Å². The number of halogens is 3. The number of nitrogens with zero attached hydrogens (tertiary/aromatic N) is 3. The highest BCUT2D eigenvalue weighted by Gasteiger charge is 2.40. The van der Waals surface area contributed by atoms with Gasteiger partial charge in [-0.3, -0.25) is 4.79 Å².